The van der Waals surface area contributed by atoms with Crippen molar-refractivity contribution < 1.29 is 14.7 Å². The maximum Gasteiger partial charge on any atom is 0.328 e. The molecule has 1 heterocycles. The van der Waals surface area contributed by atoms with Crippen LogP contribution < -0.4 is 5.32 Å². The lowest BCUT2D eigenvalue weighted by atomic mass is 10.1. The zero-order valence-corrected chi connectivity index (χ0v) is 13.2. The van der Waals surface area contributed by atoms with Crippen LogP contribution in [-0.4, -0.2) is 39.6 Å². The molecular weight excluding hydrogens is 278 g/mol. The molecule has 0 fully saturated rings. The highest BCUT2D eigenvalue weighted by molar-refractivity contribution is 7.09. The maximum atomic E-state index is 11.9. The number of carbonyl (C=O) groups is 2. The first-order valence-electron chi connectivity index (χ1n) is 6.34. The molecule has 0 unspecified atom stereocenters. The monoisotopic (exact) mass is 299 g/mol. The fourth-order valence-electron chi connectivity index (χ4n) is 1.39. The normalized spacial score (nSPS) is 11.5. The number of urea groups is 1. The number of aliphatic carboxylic acids is 1. The minimum atomic E-state index is -1.30. The Balaban J connectivity index is 2.63. The van der Waals surface area contributed by atoms with E-state index in [1.54, 1.807) is 18.4 Å². The lowest BCUT2D eigenvalue weighted by molar-refractivity contribution is -0.143. The number of carbonyl (C=O) groups excluding carboxylic acids is 1. The van der Waals surface area contributed by atoms with Crippen LogP contribution in [0.3, 0.4) is 0 Å². The zero-order valence-electron chi connectivity index (χ0n) is 12.4. The van der Waals surface area contributed by atoms with Gasteiger partial charge in [0.25, 0.3) is 0 Å². The quantitative estimate of drug-likeness (QED) is 0.873. The van der Waals surface area contributed by atoms with Crippen molar-refractivity contribution in [3.05, 3.63) is 16.1 Å². The van der Waals surface area contributed by atoms with Gasteiger partial charge in [0.2, 0.25) is 0 Å². The molecule has 0 saturated carbocycles. The van der Waals surface area contributed by atoms with Gasteiger partial charge in [0.15, 0.2) is 0 Å². The van der Waals surface area contributed by atoms with Gasteiger partial charge in [-0.3, -0.25) is 0 Å². The highest BCUT2D eigenvalue weighted by atomic mass is 32.1. The van der Waals surface area contributed by atoms with E-state index in [4.69, 9.17) is 5.11 Å². The Labute approximate surface area is 122 Å². The molecule has 6 nitrogen and oxygen atoms in total. The number of thiazole rings is 1. The summed E-state index contributed by atoms with van der Waals surface area (Å²) in [7, 11) is 1.61. The van der Waals surface area contributed by atoms with Crippen LogP contribution >= 0.6 is 11.3 Å². The highest BCUT2D eigenvalue weighted by Crippen LogP contribution is 2.19. The first-order chi connectivity index (χ1) is 9.13. The third-order valence-corrected chi connectivity index (χ3v) is 3.96. The van der Waals surface area contributed by atoms with Crippen molar-refractivity contribution in [2.24, 2.45) is 0 Å². The van der Waals surface area contributed by atoms with E-state index in [2.05, 4.69) is 24.1 Å². The molecule has 0 radical (unpaired) electrons. The molecule has 0 atom stereocenters. The SMILES string of the molecule is CC(C)c1nc(CN(C)C(=O)NC(C)(C)C(=O)O)cs1. The lowest BCUT2D eigenvalue weighted by Gasteiger charge is -2.25. The summed E-state index contributed by atoms with van der Waals surface area (Å²) in [4.78, 5) is 28.8. The number of nitrogens with zero attached hydrogens (tertiary/aromatic N) is 2. The van der Waals surface area contributed by atoms with Gasteiger partial charge in [-0.15, -0.1) is 11.3 Å². The summed E-state index contributed by atoms with van der Waals surface area (Å²) in [6.45, 7) is 7.37. The second-order valence-corrected chi connectivity index (χ2v) is 6.44. The molecule has 0 aromatic carbocycles. The Kier molecular flexibility index (Phi) is 5.10. The number of hydrogen-bond acceptors (Lipinski definition) is 4. The van der Waals surface area contributed by atoms with Gasteiger partial charge in [-0.2, -0.15) is 0 Å². The van der Waals surface area contributed by atoms with Crippen molar-refractivity contribution in [1.29, 1.82) is 0 Å². The molecule has 7 heteroatoms. The third-order valence-electron chi connectivity index (χ3n) is 2.76. The summed E-state index contributed by atoms with van der Waals surface area (Å²) in [5, 5.41) is 14.4. The zero-order chi connectivity index (χ0) is 15.5. The van der Waals surface area contributed by atoms with E-state index >= 15 is 0 Å². The van der Waals surface area contributed by atoms with E-state index in [-0.39, 0.29) is 0 Å². The number of carboxylic acids is 1. The van der Waals surface area contributed by atoms with Crippen molar-refractivity contribution in [3.63, 3.8) is 0 Å². The second-order valence-electron chi connectivity index (χ2n) is 5.55. The minimum Gasteiger partial charge on any atom is -0.480 e. The van der Waals surface area contributed by atoms with Gasteiger partial charge < -0.3 is 15.3 Å². The molecule has 1 aromatic rings. The number of hydrogen-bond donors (Lipinski definition) is 2. The predicted octanol–water partition coefficient (Wildman–Crippen LogP) is 2.27. The fourth-order valence-corrected chi connectivity index (χ4v) is 2.22. The van der Waals surface area contributed by atoms with Crippen molar-refractivity contribution >= 4 is 23.3 Å². The Bertz CT molecular complexity index is 497. The van der Waals surface area contributed by atoms with Gasteiger partial charge in [0, 0.05) is 18.3 Å². The topological polar surface area (TPSA) is 82.5 Å². The van der Waals surface area contributed by atoms with Gasteiger partial charge in [-0.05, 0) is 13.8 Å². The van der Waals surface area contributed by atoms with Crippen molar-refractivity contribution in [2.75, 3.05) is 7.05 Å². The van der Waals surface area contributed by atoms with Crippen molar-refractivity contribution in [2.45, 2.75) is 45.7 Å². The predicted molar refractivity (Wildman–Crippen MR) is 77.9 cm³/mol. The number of amides is 2. The molecule has 2 N–H and O–H groups in total. The summed E-state index contributed by atoms with van der Waals surface area (Å²) in [6, 6.07) is -0.434. The first kappa shape index (κ1) is 16.4. The minimum absolute atomic E-state index is 0.352. The maximum absolute atomic E-state index is 11.9. The van der Waals surface area contributed by atoms with E-state index < -0.39 is 17.5 Å². The third kappa shape index (κ3) is 4.19. The molecule has 0 aliphatic heterocycles. The van der Waals surface area contributed by atoms with E-state index in [9.17, 15) is 9.59 Å². The van der Waals surface area contributed by atoms with Crippen LogP contribution in [-0.2, 0) is 11.3 Å². The molecule has 0 aliphatic carbocycles. The molecular formula is C13H21N3O3S. The smallest absolute Gasteiger partial charge is 0.328 e. The van der Waals surface area contributed by atoms with Crippen LogP contribution in [0, 0.1) is 0 Å². The van der Waals surface area contributed by atoms with Gasteiger partial charge >= 0.3 is 12.0 Å². The molecule has 0 bridgehead atoms. The Hall–Kier alpha value is -1.63. The average Bonchev–Trinajstić information content (AvgIpc) is 2.76. The molecule has 1 aromatic heterocycles. The number of nitrogens with one attached hydrogen (secondary N) is 1. The van der Waals surface area contributed by atoms with Crippen molar-refractivity contribution in [1.82, 2.24) is 15.2 Å². The van der Waals surface area contributed by atoms with E-state index in [0.717, 1.165) is 10.7 Å². The molecule has 0 spiro atoms. The average molecular weight is 299 g/mol. The van der Waals surface area contributed by atoms with Gasteiger partial charge in [0.1, 0.15) is 5.54 Å². The van der Waals surface area contributed by atoms with Crippen LogP contribution in [0.25, 0.3) is 0 Å². The van der Waals surface area contributed by atoms with Gasteiger partial charge in [0.05, 0.1) is 17.2 Å². The fraction of sp³-hybridized carbons (Fsp3) is 0.615. The standard InChI is InChI=1S/C13H21N3O3S/c1-8(2)10-14-9(7-20-10)6-16(5)12(19)15-13(3,4)11(17)18/h7-8H,6H2,1-5H3,(H,15,19)(H,17,18). The Morgan fingerprint density at radius 3 is 2.55 bits per heavy atom. The summed E-state index contributed by atoms with van der Waals surface area (Å²) in [6.07, 6.45) is 0. The lowest BCUT2D eigenvalue weighted by Crippen LogP contribution is -2.53. The number of carboxylic acid groups (broad SMARTS) is 1. The summed E-state index contributed by atoms with van der Waals surface area (Å²) >= 11 is 1.57. The van der Waals surface area contributed by atoms with Crippen LogP contribution in [0.15, 0.2) is 5.38 Å². The Morgan fingerprint density at radius 2 is 2.10 bits per heavy atom. The molecule has 2 amide bonds. The summed E-state index contributed by atoms with van der Waals surface area (Å²) in [5.41, 5.74) is -0.485. The van der Waals surface area contributed by atoms with Gasteiger partial charge in [-0.1, -0.05) is 13.8 Å². The van der Waals surface area contributed by atoms with Crippen LogP contribution in [0.5, 0.6) is 0 Å². The van der Waals surface area contributed by atoms with Crippen LogP contribution in [0.1, 0.15) is 44.3 Å². The molecule has 0 aliphatic rings. The first-order valence-corrected chi connectivity index (χ1v) is 7.22. The Morgan fingerprint density at radius 1 is 1.50 bits per heavy atom. The van der Waals surface area contributed by atoms with Crippen molar-refractivity contribution in [3.8, 4) is 0 Å². The van der Waals surface area contributed by atoms with E-state index in [1.807, 2.05) is 5.38 Å². The largest absolute Gasteiger partial charge is 0.480 e. The summed E-state index contributed by atoms with van der Waals surface area (Å²) in [5.74, 6) is -0.714. The van der Waals surface area contributed by atoms with Gasteiger partial charge in [-0.25, -0.2) is 14.6 Å². The summed E-state index contributed by atoms with van der Waals surface area (Å²) < 4.78 is 0. The van der Waals surface area contributed by atoms with Crippen LogP contribution in [0.2, 0.25) is 0 Å². The number of rotatable bonds is 5. The molecule has 112 valence electrons. The highest BCUT2D eigenvalue weighted by Gasteiger charge is 2.30. The van der Waals surface area contributed by atoms with Crippen LogP contribution in [0.4, 0.5) is 4.79 Å². The van der Waals surface area contributed by atoms with E-state index in [0.29, 0.717) is 12.5 Å². The molecule has 0 saturated heterocycles. The number of aromatic nitrogens is 1. The second kappa shape index (κ2) is 6.21. The molecule has 1 rings (SSSR count). The van der Waals surface area contributed by atoms with E-state index in [1.165, 1.54) is 18.7 Å². The molecule has 20 heavy (non-hydrogen) atoms.